The maximum atomic E-state index is 9.57. The standard InChI is InChI=1S/C12H17NO4/c1-16-9-4-2-8(3-5-9)13-12-6-10(15)11(7-14)17-12/h2-5,10-15H,6-7H2,1H3/t10-,11+,12-/m0/s1. The number of rotatable bonds is 4. The third-order valence-electron chi connectivity index (χ3n) is 2.82. The van der Waals surface area contributed by atoms with Crippen LogP contribution in [0, 0.1) is 0 Å². The van der Waals surface area contributed by atoms with Gasteiger partial charge in [-0.2, -0.15) is 0 Å². The fourth-order valence-corrected chi connectivity index (χ4v) is 1.86. The van der Waals surface area contributed by atoms with Crippen molar-refractivity contribution >= 4 is 5.69 Å². The highest BCUT2D eigenvalue weighted by Crippen LogP contribution is 2.23. The number of ether oxygens (including phenoxy) is 2. The molecular weight excluding hydrogens is 222 g/mol. The molecule has 1 aromatic carbocycles. The van der Waals surface area contributed by atoms with Gasteiger partial charge in [0.1, 0.15) is 18.1 Å². The van der Waals surface area contributed by atoms with E-state index in [1.165, 1.54) is 0 Å². The second-order valence-electron chi connectivity index (χ2n) is 4.02. The summed E-state index contributed by atoms with van der Waals surface area (Å²) < 4.78 is 10.5. The summed E-state index contributed by atoms with van der Waals surface area (Å²) in [5, 5.41) is 21.7. The molecule has 1 aromatic rings. The number of anilines is 1. The number of aliphatic hydroxyl groups excluding tert-OH is 2. The molecule has 1 saturated heterocycles. The van der Waals surface area contributed by atoms with Gasteiger partial charge in [0.25, 0.3) is 0 Å². The Bertz CT molecular complexity index is 354. The van der Waals surface area contributed by atoms with Crippen LogP contribution < -0.4 is 10.1 Å². The molecule has 1 aliphatic heterocycles. The van der Waals surface area contributed by atoms with Crippen molar-refractivity contribution in [3.8, 4) is 5.75 Å². The van der Waals surface area contributed by atoms with E-state index in [2.05, 4.69) is 5.32 Å². The number of hydrogen-bond acceptors (Lipinski definition) is 5. The quantitative estimate of drug-likeness (QED) is 0.716. The Morgan fingerprint density at radius 1 is 1.41 bits per heavy atom. The molecule has 0 spiro atoms. The minimum Gasteiger partial charge on any atom is -0.497 e. The van der Waals surface area contributed by atoms with E-state index < -0.39 is 12.2 Å². The van der Waals surface area contributed by atoms with Gasteiger partial charge in [-0.1, -0.05) is 0 Å². The van der Waals surface area contributed by atoms with Crippen molar-refractivity contribution in [2.24, 2.45) is 0 Å². The van der Waals surface area contributed by atoms with E-state index in [9.17, 15) is 5.11 Å². The van der Waals surface area contributed by atoms with Crippen molar-refractivity contribution in [2.45, 2.75) is 24.9 Å². The first-order chi connectivity index (χ1) is 8.22. The van der Waals surface area contributed by atoms with Crippen LogP contribution in [0.4, 0.5) is 5.69 Å². The van der Waals surface area contributed by atoms with Gasteiger partial charge in [-0.15, -0.1) is 0 Å². The predicted octanol–water partition coefficient (Wildman–Crippen LogP) is 0.575. The van der Waals surface area contributed by atoms with Crippen molar-refractivity contribution in [1.29, 1.82) is 0 Å². The van der Waals surface area contributed by atoms with E-state index in [0.717, 1.165) is 11.4 Å². The zero-order valence-electron chi connectivity index (χ0n) is 9.67. The molecule has 17 heavy (non-hydrogen) atoms. The Morgan fingerprint density at radius 3 is 2.65 bits per heavy atom. The van der Waals surface area contributed by atoms with E-state index in [1.54, 1.807) is 7.11 Å². The first-order valence-corrected chi connectivity index (χ1v) is 5.58. The summed E-state index contributed by atoms with van der Waals surface area (Å²) in [5.74, 6) is 0.788. The Hall–Kier alpha value is -1.30. The molecule has 0 aliphatic carbocycles. The number of benzene rings is 1. The summed E-state index contributed by atoms with van der Waals surface area (Å²) in [6.07, 6.45) is -0.908. The van der Waals surface area contributed by atoms with Crippen molar-refractivity contribution < 1.29 is 19.7 Å². The zero-order valence-corrected chi connectivity index (χ0v) is 9.67. The largest absolute Gasteiger partial charge is 0.497 e. The number of aliphatic hydroxyl groups is 2. The van der Waals surface area contributed by atoms with Crippen LogP contribution in [0.5, 0.6) is 5.75 Å². The predicted molar refractivity (Wildman–Crippen MR) is 63.0 cm³/mol. The molecule has 2 rings (SSSR count). The van der Waals surface area contributed by atoms with Crippen LogP contribution >= 0.6 is 0 Å². The van der Waals surface area contributed by atoms with Gasteiger partial charge in [0.05, 0.1) is 19.8 Å². The summed E-state index contributed by atoms with van der Waals surface area (Å²) >= 11 is 0. The number of hydrogen-bond donors (Lipinski definition) is 3. The molecule has 1 aliphatic rings. The van der Waals surface area contributed by atoms with Crippen LogP contribution in [-0.4, -0.2) is 42.4 Å². The lowest BCUT2D eigenvalue weighted by molar-refractivity contribution is -0.0149. The molecule has 0 radical (unpaired) electrons. The molecule has 3 atom stereocenters. The minimum atomic E-state index is -0.615. The van der Waals surface area contributed by atoms with Gasteiger partial charge in [0, 0.05) is 12.1 Å². The second-order valence-corrected chi connectivity index (χ2v) is 4.02. The smallest absolute Gasteiger partial charge is 0.130 e. The van der Waals surface area contributed by atoms with Crippen molar-refractivity contribution in [3.05, 3.63) is 24.3 Å². The molecule has 0 unspecified atom stereocenters. The highest BCUT2D eigenvalue weighted by Gasteiger charge is 2.33. The highest BCUT2D eigenvalue weighted by atomic mass is 16.5. The first-order valence-electron chi connectivity index (χ1n) is 5.58. The van der Waals surface area contributed by atoms with Crippen molar-refractivity contribution in [1.82, 2.24) is 0 Å². The lowest BCUT2D eigenvalue weighted by Gasteiger charge is -2.15. The normalized spacial score (nSPS) is 28.1. The van der Waals surface area contributed by atoms with Gasteiger partial charge in [-0.25, -0.2) is 0 Å². The average Bonchev–Trinajstić information content (AvgIpc) is 2.70. The van der Waals surface area contributed by atoms with Crippen LogP contribution in [0.25, 0.3) is 0 Å². The Balaban J connectivity index is 1.93. The van der Waals surface area contributed by atoms with Gasteiger partial charge in [0.2, 0.25) is 0 Å². The molecule has 94 valence electrons. The van der Waals surface area contributed by atoms with Gasteiger partial charge < -0.3 is 25.0 Å². The lowest BCUT2D eigenvalue weighted by Crippen LogP contribution is -2.25. The summed E-state index contributed by atoms with van der Waals surface area (Å²) in [6, 6.07) is 7.44. The fraction of sp³-hybridized carbons (Fsp3) is 0.500. The zero-order chi connectivity index (χ0) is 12.3. The second kappa shape index (κ2) is 5.35. The Morgan fingerprint density at radius 2 is 2.12 bits per heavy atom. The van der Waals surface area contributed by atoms with Crippen LogP contribution in [-0.2, 0) is 4.74 Å². The maximum Gasteiger partial charge on any atom is 0.130 e. The first kappa shape index (κ1) is 12.2. The summed E-state index contributed by atoms with van der Waals surface area (Å²) in [4.78, 5) is 0. The fourth-order valence-electron chi connectivity index (χ4n) is 1.86. The SMILES string of the molecule is COc1ccc(N[C@@H]2C[C@H](O)[C@@H](CO)O2)cc1. The highest BCUT2D eigenvalue weighted by molar-refractivity contribution is 5.46. The number of nitrogens with one attached hydrogen (secondary N) is 1. The molecule has 5 heteroatoms. The van der Waals surface area contributed by atoms with Gasteiger partial charge in [-0.3, -0.25) is 0 Å². The van der Waals surface area contributed by atoms with E-state index >= 15 is 0 Å². The molecule has 0 aromatic heterocycles. The van der Waals surface area contributed by atoms with Crippen LogP contribution in [0.1, 0.15) is 6.42 Å². The average molecular weight is 239 g/mol. The van der Waals surface area contributed by atoms with Crippen molar-refractivity contribution in [3.63, 3.8) is 0 Å². The van der Waals surface area contributed by atoms with Gasteiger partial charge in [0.15, 0.2) is 0 Å². The van der Waals surface area contributed by atoms with Crippen LogP contribution in [0.3, 0.4) is 0 Å². The topological polar surface area (TPSA) is 71.0 Å². The summed E-state index contributed by atoms with van der Waals surface area (Å²) in [6.45, 7) is -0.165. The minimum absolute atomic E-state index is 0.165. The Labute approximate surface area is 100.0 Å². The van der Waals surface area contributed by atoms with Crippen LogP contribution in [0.15, 0.2) is 24.3 Å². The maximum absolute atomic E-state index is 9.57. The van der Waals surface area contributed by atoms with E-state index in [-0.39, 0.29) is 12.8 Å². The monoisotopic (exact) mass is 239 g/mol. The van der Waals surface area contributed by atoms with Crippen LogP contribution in [0.2, 0.25) is 0 Å². The molecule has 0 amide bonds. The van der Waals surface area contributed by atoms with E-state index in [4.69, 9.17) is 14.6 Å². The summed E-state index contributed by atoms with van der Waals surface area (Å²) in [7, 11) is 1.62. The molecular formula is C12H17NO4. The molecule has 0 saturated carbocycles. The molecule has 1 fully saturated rings. The molecule has 0 bridgehead atoms. The molecule has 1 heterocycles. The van der Waals surface area contributed by atoms with E-state index in [1.807, 2.05) is 24.3 Å². The third-order valence-corrected chi connectivity index (χ3v) is 2.82. The van der Waals surface area contributed by atoms with Crippen molar-refractivity contribution in [2.75, 3.05) is 19.0 Å². The lowest BCUT2D eigenvalue weighted by atomic mass is 10.2. The van der Waals surface area contributed by atoms with Gasteiger partial charge in [-0.05, 0) is 24.3 Å². The van der Waals surface area contributed by atoms with Gasteiger partial charge >= 0.3 is 0 Å². The molecule has 3 N–H and O–H groups in total. The number of methoxy groups -OCH3 is 1. The third kappa shape index (κ3) is 2.88. The molecule has 5 nitrogen and oxygen atoms in total. The van der Waals surface area contributed by atoms with E-state index in [0.29, 0.717) is 6.42 Å². The Kier molecular flexibility index (Phi) is 3.83. The summed E-state index contributed by atoms with van der Waals surface area (Å²) in [5.41, 5.74) is 0.890.